The van der Waals surface area contributed by atoms with Crippen LogP contribution >= 0.6 is 0 Å². The Labute approximate surface area is 148 Å². The van der Waals surface area contributed by atoms with Crippen LogP contribution in [0.1, 0.15) is 42.5 Å². The Kier molecular flexibility index (Phi) is 4.31. The van der Waals surface area contributed by atoms with E-state index in [9.17, 15) is 4.79 Å². The summed E-state index contributed by atoms with van der Waals surface area (Å²) in [6, 6.07) is 18.3. The number of nitrogens with zero attached hydrogens (tertiary/aromatic N) is 1. The Morgan fingerprint density at radius 2 is 1.88 bits per heavy atom. The topological polar surface area (TPSA) is 31.2 Å². The molecule has 0 fully saturated rings. The van der Waals surface area contributed by atoms with Gasteiger partial charge in [0.1, 0.15) is 6.61 Å². The molecule has 0 spiro atoms. The molecule has 4 rings (SSSR count). The van der Waals surface area contributed by atoms with Gasteiger partial charge in [0, 0.05) is 23.1 Å². The van der Waals surface area contributed by atoms with Crippen molar-refractivity contribution in [3.63, 3.8) is 0 Å². The lowest BCUT2D eigenvalue weighted by molar-refractivity contribution is -0.147. The minimum absolute atomic E-state index is 0.0937. The fraction of sp³-hybridized carbons (Fsp3) is 0.318. The smallest absolute Gasteiger partial charge is 0.313 e. The maximum atomic E-state index is 12.8. The van der Waals surface area contributed by atoms with Crippen molar-refractivity contribution in [3.8, 4) is 0 Å². The molecule has 0 saturated carbocycles. The Hall–Kier alpha value is -2.55. The summed E-state index contributed by atoms with van der Waals surface area (Å²) in [5, 5.41) is 1.21. The second-order valence-electron chi connectivity index (χ2n) is 6.66. The van der Waals surface area contributed by atoms with Gasteiger partial charge in [0.15, 0.2) is 0 Å². The Morgan fingerprint density at radius 1 is 1.12 bits per heavy atom. The van der Waals surface area contributed by atoms with Gasteiger partial charge in [-0.25, -0.2) is 0 Å². The van der Waals surface area contributed by atoms with Crippen LogP contribution in [-0.4, -0.2) is 10.5 Å². The number of benzene rings is 2. The van der Waals surface area contributed by atoms with Crippen LogP contribution in [-0.2, 0) is 29.1 Å². The SMILES string of the molecule is CCn1c2c(c3ccccc31)C(C(=O)OCc1ccccc1)CCC2. The minimum Gasteiger partial charge on any atom is -0.460 e. The summed E-state index contributed by atoms with van der Waals surface area (Å²) < 4.78 is 8.03. The molecular weight excluding hydrogens is 310 g/mol. The van der Waals surface area contributed by atoms with Crippen LogP contribution in [0.25, 0.3) is 10.9 Å². The normalized spacial score (nSPS) is 16.6. The highest BCUT2D eigenvalue weighted by Gasteiger charge is 2.32. The first-order chi connectivity index (χ1) is 12.3. The van der Waals surface area contributed by atoms with E-state index < -0.39 is 0 Å². The number of para-hydroxylation sites is 1. The lowest BCUT2D eigenvalue weighted by Crippen LogP contribution is -2.21. The maximum Gasteiger partial charge on any atom is 0.313 e. The highest BCUT2D eigenvalue weighted by Crippen LogP contribution is 2.39. The monoisotopic (exact) mass is 333 g/mol. The van der Waals surface area contributed by atoms with Crippen molar-refractivity contribution in [2.75, 3.05) is 0 Å². The molecule has 3 aromatic rings. The number of esters is 1. The van der Waals surface area contributed by atoms with Crippen molar-refractivity contribution in [3.05, 3.63) is 71.4 Å². The van der Waals surface area contributed by atoms with Gasteiger partial charge in [0.05, 0.1) is 5.92 Å². The molecule has 3 nitrogen and oxygen atoms in total. The van der Waals surface area contributed by atoms with Crippen LogP contribution in [0.5, 0.6) is 0 Å². The number of fused-ring (bicyclic) bond motifs is 3. The third kappa shape index (κ3) is 2.84. The number of carbonyl (C=O) groups excluding carboxylic acids is 1. The highest BCUT2D eigenvalue weighted by atomic mass is 16.5. The van der Waals surface area contributed by atoms with Crippen LogP contribution in [0, 0.1) is 0 Å². The van der Waals surface area contributed by atoms with Gasteiger partial charge in [-0.2, -0.15) is 0 Å². The van der Waals surface area contributed by atoms with E-state index >= 15 is 0 Å². The second-order valence-corrected chi connectivity index (χ2v) is 6.66. The van der Waals surface area contributed by atoms with Crippen molar-refractivity contribution in [1.82, 2.24) is 4.57 Å². The minimum atomic E-state index is -0.148. The van der Waals surface area contributed by atoms with E-state index in [1.807, 2.05) is 30.3 Å². The number of aryl methyl sites for hydroxylation is 1. The number of hydrogen-bond acceptors (Lipinski definition) is 2. The number of hydrogen-bond donors (Lipinski definition) is 0. The summed E-state index contributed by atoms with van der Waals surface area (Å²) in [6.07, 6.45) is 2.95. The Morgan fingerprint density at radius 3 is 2.68 bits per heavy atom. The average Bonchev–Trinajstić information content (AvgIpc) is 3.00. The second kappa shape index (κ2) is 6.75. The number of rotatable bonds is 4. The molecule has 1 aliphatic rings. The van der Waals surface area contributed by atoms with Crippen molar-refractivity contribution in [2.24, 2.45) is 0 Å². The van der Waals surface area contributed by atoms with Crippen LogP contribution in [0.3, 0.4) is 0 Å². The van der Waals surface area contributed by atoms with Crippen LogP contribution in [0.2, 0.25) is 0 Å². The molecule has 2 aromatic carbocycles. The molecule has 1 atom stereocenters. The molecule has 1 aliphatic carbocycles. The molecule has 3 heteroatoms. The molecule has 0 N–H and O–H groups in total. The molecule has 25 heavy (non-hydrogen) atoms. The zero-order valence-corrected chi connectivity index (χ0v) is 14.6. The van der Waals surface area contributed by atoms with E-state index in [-0.39, 0.29) is 11.9 Å². The lowest BCUT2D eigenvalue weighted by atomic mass is 9.85. The van der Waals surface area contributed by atoms with Gasteiger partial charge in [-0.3, -0.25) is 4.79 Å². The first-order valence-corrected chi connectivity index (χ1v) is 9.10. The van der Waals surface area contributed by atoms with Gasteiger partial charge in [-0.15, -0.1) is 0 Å². The van der Waals surface area contributed by atoms with E-state index in [2.05, 4.69) is 35.8 Å². The van der Waals surface area contributed by atoms with Crippen molar-refractivity contribution < 1.29 is 9.53 Å². The van der Waals surface area contributed by atoms with E-state index in [4.69, 9.17) is 4.74 Å². The van der Waals surface area contributed by atoms with Crippen molar-refractivity contribution in [1.29, 1.82) is 0 Å². The van der Waals surface area contributed by atoms with Crippen LogP contribution < -0.4 is 0 Å². The van der Waals surface area contributed by atoms with Gasteiger partial charge < -0.3 is 9.30 Å². The fourth-order valence-electron chi connectivity index (χ4n) is 4.09. The van der Waals surface area contributed by atoms with Crippen molar-refractivity contribution >= 4 is 16.9 Å². The van der Waals surface area contributed by atoms with Gasteiger partial charge in [-0.05, 0) is 43.4 Å². The van der Waals surface area contributed by atoms with Gasteiger partial charge in [-0.1, -0.05) is 48.5 Å². The molecule has 1 unspecified atom stereocenters. The maximum absolute atomic E-state index is 12.8. The third-order valence-electron chi connectivity index (χ3n) is 5.20. The van der Waals surface area contributed by atoms with Crippen LogP contribution in [0.4, 0.5) is 0 Å². The summed E-state index contributed by atoms with van der Waals surface area (Å²) in [5.74, 6) is -0.242. The highest BCUT2D eigenvalue weighted by molar-refractivity contribution is 5.92. The number of carbonyl (C=O) groups is 1. The molecule has 0 saturated heterocycles. The summed E-state index contributed by atoms with van der Waals surface area (Å²) in [7, 11) is 0. The van der Waals surface area contributed by atoms with E-state index in [1.54, 1.807) is 0 Å². The van der Waals surface area contributed by atoms with E-state index in [0.717, 1.165) is 31.4 Å². The van der Waals surface area contributed by atoms with E-state index in [0.29, 0.717) is 6.61 Å². The third-order valence-corrected chi connectivity index (χ3v) is 5.20. The van der Waals surface area contributed by atoms with Gasteiger partial charge in [0.2, 0.25) is 0 Å². The summed E-state index contributed by atoms with van der Waals surface area (Å²) in [4.78, 5) is 12.8. The zero-order chi connectivity index (χ0) is 17.2. The van der Waals surface area contributed by atoms with Crippen molar-refractivity contribution in [2.45, 2.75) is 45.3 Å². The molecule has 1 aromatic heterocycles. The predicted octanol–water partition coefficient (Wildman–Crippen LogP) is 4.82. The molecule has 0 radical (unpaired) electrons. The fourth-order valence-corrected chi connectivity index (χ4v) is 4.09. The van der Waals surface area contributed by atoms with Crippen LogP contribution in [0.15, 0.2) is 54.6 Å². The average molecular weight is 333 g/mol. The quantitative estimate of drug-likeness (QED) is 0.641. The Bertz CT molecular complexity index is 895. The molecule has 0 amide bonds. The standard InChI is InChI=1S/C22H23NO2/c1-2-23-19-13-7-6-11-17(19)21-18(12-8-14-20(21)23)22(24)25-15-16-9-4-3-5-10-16/h3-7,9-11,13,18H,2,8,12,14-15H2,1H3. The molecule has 0 bridgehead atoms. The van der Waals surface area contributed by atoms with Gasteiger partial charge >= 0.3 is 5.97 Å². The van der Waals surface area contributed by atoms with E-state index in [1.165, 1.54) is 22.2 Å². The summed E-state index contributed by atoms with van der Waals surface area (Å²) in [6.45, 7) is 3.45. The summed E-state index contributed by atoms with van der Waals surface area (Å²) >= 11 is 0. The summed E-state index contributed by atoms with van der Waals surface area (Å²) in [5.41, 5.74) is 4.78. The molecule has 128 valence electrons. The lowest BCUT2D eigenvalue weighted by Gasteiger charge is -2.23. The molecule has 1 heterocycles. The largest absolute Gasteiger partial charge is 0.460 e. The Balaban J connectivity index is 1.66. The predicted molar refractivity (Wildman–Crippen MR) is 99.5 cm³/mol. The first kappa shape index (κ1) is 15.9. The van der Waals surface area contributed by atoms with Gasteiger partial charge in [0.25, 0.3) is 0 Å². The number of aromatic nitrogens is 1. The zero-order valence-electron chi connectivity index (χ0n) is 14.6. The molecule has 0 aliphatic heterocycles. The first-order valence-electron chi connectivity index (χ1n) is 9.10. The number of ether oxygens (including phenoxy) is 1. The molecular formula is C22H23NO2.